The Morgan fingerprint density at radius 2 is 1.80 bits per heavy atom. The van der Waals surface area contributed by atoms with E-state index in [0.717, 1.165) is 37.0 Å². The molecule has 3 nitrogen and oxygen atoms in total. The number of nitrogens with one attached hydrogen (secondary N) is 1. The maximum Gasteiger partial charge on any atom is 0.123 e. The molecule has 0 amide bonds. The summed E-state index contributed by atoms with van der Waals surface area (Å²) in [6.45, 7) is 1.72. The van der Waals surface area contributed by atoms with Crippen LogP contribution in [-0.4, -0.2) is 24.3 Å². The molecule has 0 unspecified atom stereocenters. The first-order valence-electron chi connectivity index (χ1n) is 6.86. The van der Waals surface area contributed by atoms with Gasteiger partial charge in [-0.3, -0.25) is 5.41 Å². The number of hydrogen-bond acceptors (Lipinski definition) is 3. The van der Waals surface area contributed by atoms with E-state index in [2.05, 4.69) is 12.1 Å². The molecule has 1 aliphatic heterocycles. The zero-order valence-electron chi connectivity index (χ0n) is 11.3. The molecule has 2 aromatic carbocycles. The zero-order valence-corrected chi connectivity index (χ0v) is 12.1. The zero-order chi connectivity index (χ0) is 13.9. The normalized spacial score (nSPS) is 16.4. The third-order valence-electron chi connectivity index (χ3n) is 3.64. The van der Waals surface area contributed by atoms with Gasteiger partial charge in [-0.15, -0.1) is 11.8 Å². The van der Waals surface area contributed by atoms with Crippen molar-refractivity contribution in [3.05, 3.63) is 42.0 Å². The molecule has 3 rings (SSSR count). The smallest absolute Gasteiger partial charge is 0.123 e. The molecule has 3 N–H and O–H groups in total. The Morgan fingerprint density at radius 1 is 1.10 bits per heavy atom. The monoisotopic (exact) mass is 286 g/mol. The van der Waals surface area contributed by atoms with E-state index in [1.807, 2.05) is 36.0 Å². The second kappa shape index (κ2) is 5.85. The van der Waals surface area contributed by atoms with Gasteiger partial charge in [-0.2, -0.15) is 0 Å². The minimum Gasteiger partial charge on any atom is -0.384 e. The van der Waals surface area contributed by atoms with E-state index in [-0.39, 0.29) is 5.84 Å². The van der Waals surface area contributed by atoms with Crippen LogP contribution in [0.1, 0.15) is 18.4 Å². The molecule has 1 aliphatic rings. The van der Waals surface area contributed by atoms with Gasteiger partial charge in [0.2, 0.25) is 0 Å². The van der Waals surface area contributed by atoms with Crippen LogP contribution in [0.2, 0.25) is 0 Å². The second-order valence-electron chi connectivity index (χ2n) is 5.00. The molecule has 1 fully saturated rings. The highest BCUT2D eigenvalue weighted by molar-refractivity contribution is 8.00. The second-order valence-corrected chi connectivity index (χ2v) is 6.34. The van der Waals surface area contributed by atoms with Crippen LogP contribution in [0.4, 0.5) is 0 Å². The number of fused-ring (bicyclic) bond motifs is 1. The molecule has 0 radical (unpaired) electrons. The molecule has 4 heteroatoms. The van der Waals surface area contributed by atoms with Gasteiger partial charge in [-0.25, -0.2) is 0 Å². The number of benzene rings is 2. The number of rotatable bonds is 3. The van der Waals surface area contributed by atoms with Crippen molar-refractivity contribution in [3.63, 3.8) is 0 Å². The third-order valence-corrected chi connectivity index (χ3v) is 5.05. The molecule has 0 aromatic heterocycles. The summed E-state index contributed by atoms with van der Waals surface area (Å²) >= 11 is 1.92. The van der Waals surface area contributed by atoms with Gasteiger partial charge in [-0.05, 0) is 35.7 Å². The number of ether oxygens (including phenoxy) is 1. The van der Waals surface area contributed by atoms with Gasteiger partial charge in [-0.1, -0.05) is 24.3 Å². The summed E-state index contributed by atoms with van der Waals surface area (Å²) in [5.74, 6) is 0.129. The molecule has 0 atom stereocenters. The lowest BCUT2D eigenvalue weighted by Gasteiger charge is -2.22. The molecule has 0 aliphatic carbocycles. The Kier molecular flexibility index (Phi) is 3.94. The van der Waals surface area contributed by atoms with Crippen LogP contribution >= 0.6 is 11.8 Å². The van der Waals surface area contributed by atoms with Crippen molar-refractivity contribution in [2.45, 2.75) is 23.0 Å². The van der Waals surface area contributed by atoms with Crippen LogP contribution in [-0.2, 0) is 4.74 Å². The van der Waals surface area contributed by atoms with Crippen molar-refractivity contribution in [2.24, 2.45) is 5.73 Å². The van der Waals surface area contributed by atoms with E-state index >= 15 is 0 Å². The summed E-state index contributed by atoms with van der Waals surface area (Å²) in [5, 5.41) is 10.6. The van der Waals surface area contributed by atoms with E-state index in [9.17, 15) is 0 Å². The Balaban J connectivity index is 1.99. The maximum absolute atomic E-state index is 7.70. The van der Waals surface area contributed by atoms with Crippen molar-refractivity contribution >= 4 is 28.4 Å². The maximum atomic E-state index is 7.70. The van der Waals surface area contributed by atoms with E-state index in [1.165, 1.54) is 10.3 Å². The Hall–Kier alpha value is -1.52. The van der Waals surface area contributed by atoms with Crippen LogP contribution < -0.4 is 5.73 Å². The van der Waals surface area contributed by atoms with Gasteiger partial charge in [0.05, 0.1) is 0 Å². The lowest BCUT2D eigenvalue weighted by Crippen LogP contribution is -2.17. The highest BCUT2D eigenvalue weighted by Crippen LogP contribution is 2.35. The molecular formula is C16H18N2OS. The fraction of sp³-hybridized carbons (Fsp3) is 0.312. The van der Waals surface area contributed by atoms with E-state index in [4.69, 9.17) is 15.9 Å². The van der Waals surface area contributed by atoms with Crippen molar-refractivity contribution in [3.8, 4) is 0 Å². The lowest BCUT2D eigenvalue weighted by atomic mass is 10.0. The van der Waals surface area contributed by atoms with Crippen LogP contribution in [0.25, 0.3) is 10.8 Å². The fourth-order valence-electron chi connectivity index (χ4n) is 2.58. The predicted octanol–water partition coefficient (Wildman–Crippen LogP) is 3.39. The van der Waals surface area contributed by atoms with Gasteiger partial charge in [0.25, 0.3) is 0 Å². The Bertz CT molecular complexity index is 635. The van der Waals surface area contributed by atoms with Crippen LogP contribution in [0.5, 0.6) is 0 Å². The first kappa shape index (κ1) is 13.5. The predicted molar refractivity (Wildman–Crippen MR) is 84.7 cm³/mol. The Morgan fingerprint density at radius 3 is 2.50 bits per heavy atom. The van der Waals surface area contributed by atoms with Gasteiger partial charge < -0.3 is 10.5 Å². The summed E-state index contributed by atoms with van der Waals surface area (Å²) in [6.07, 6.45) is 2.21. The van der Waals surface area contributed by atoms with Crippen LogP contribution in [0.15, 0.2) is 41.3 Å². The van der Waals surface area contributed by atoms with Crippen molar-refractivity contribution in [1.29, 1.82) is 5.41 Å². The molecule has 1 saturated heterocycles. The average molecular weight is 286 g/mol. The van der Waals surface area contributed by atoms with Gasteiger partial charge in [0.1, 0.15) is 5.84 Å². The quantitative estimate of drug-likeness (QED) is 0.671. The van der Waals surface area contributed by atoms with E-state index < -0.39 is 0 Å². The average Bonchev–Trinajstić information content (AvgIpc) is 2.48. The molecule has 1 heterocycles. The number of nitrogens with two attached hydrogens (primary N) is 1. The number of thioether (sulfide) groups is 1. The number of nitrogen functional groups attached to an aromatic ring is 1. The molecule has 2 aromatic rings. The summed E-state index contributed by atoms with van der Waals surface area (Å²) in [6, 6.07) is 12.3. The van der Waals surface area contributed by atoms with Gasteiger partial charge >= 0.3 is 0 Å². The highest BCUT2D eigenvalue weighted by Gasteiger charge is 2.17. The SMILES string of the molecule is N=C(N)c1ccc(SC2CCOCC2)c2ccccc12. The first-order chi connectivity index (χ1) is 9.75. The topological polar surface area (TPSA) is 59.1 Å². The molecule has 104 valence electrons. The standard InChI is InChI=1S/C16H18N2OS/c17-16(18)14-5-6-15(13-4-2-1-3-12(13)14)20-11-7-9-19-10-8-11/h1-6,11H,7-10H2,(H3,17,18). The fourth-order valence-corrected chi connectivity index (χ4v) is 3.82. The molecule has 0 saturated carbocycles. The van der Waals surface area contributed by atoms with E-state index in [0.29, 0.717) is 5.25 Å². The minimum absolute atomic E-state index is 0.129. The first-order valence-corrected chi connectivity index (χ1v) is 7.74. The van der Waals surface area contributed by atoms with Crippen LogP contribution in [0.3, 0.4) is 0 Å². The largest absolute Gasteiger partial charge is 0.384 e. The molecular weight excluding hydrogens is 268 g/mol. The Labute approximate surface area is 123 Å². The minimum atomic E-state index is 0.129. The summed E-state index contributed by atoms with van der Waals surface area (Å²) in [5.41, 5.74) is 6.49. The van der Waals surface area contributed by atoms with E-state index in [1.54, 1.807) is 0 Å². The van der Waals surface area contributed by atoms with Crippen molar-refractivity contribution in [2.75, 3.05) is 13.2 Å². The van der Waals surface area contributed by atoms with Crippen LogP contribution in [0, 0.1) is 5.41 Å². The summed E-state index contributed by atoms with van der Waals surface area (Å²) in [7, 11) is 0. The third kappa shape index (κ3) is 2.67. The number of hydrogen-bond donors (Lipinski definition) is 2. The number of amidine groups is 1. The molecule has 0 bridgehead atoms. The van der Waals surface area contributed by atoms with Gasteiger partial charge in [0, 0.05) is 28.9 Å². The lowest BCUT2D eigenvalue weighted by molar-refractivity contribution is 0.100. The summed E-state index contributed by atoms with van der Waals surface area (Å²) < 4.78 is 5.42. The van der Waals surface area contributed by atoms with Crippen molar-refractivity contribution in [1.82, 2.24) is 0 Å². The molecule has 20 heavy (non-hydrogen) atoms. The highest BCUT2D eigenvalue weighted by atomic mass is 32.2. The molecule has 0 spiro atoms. The van der Waals surface area contributed by atoms with Crippen molar-refractivity contribution < 1.29 is 4.74 Å². The summed E-state index contributed by atoms with van der Waals surface area (Å²) in [4.78, 5) is 1.28. The van der Waals surface area contributed by atoms with Gasteiger partial charge in [0.15, 0.2) is 0 Å².